The first-order valence-electron chi connectivity index (χ1n) is 7.75. The van der Waals surface area contributed by atoms with E-state index in [1.807, 2.05) is 62.4 Å². The van der Waals surface area contributed by atoms with E-state index in [2.05, 4.69) is 10.1 Å². The molecule has 0 spiro atoms. The fraction of sp³-hybridized carbons (Fsp3) is 0.158. The number of hydrogen-bond donors (Lipinski definition) is 1. The Hall–Kier alpha value is -3.08. The normalized spacial score (nSPS) is 11.1. The largest absolute Gasteiger partial charge is 0.488 e. The maximum atomic E-state index is 5.98. The first-order valence-corrected chi connectivity index (χ1v) is 7.75. The van der Waals surface area contributed by atoms with E-state index in [1.165, 1.54) is 0 Å². The second-order valence-corrected chi connectivity index (χ2v) is 5.65. The first-order chi connectivity index (χ1) is 11.6. The van der Waals surface area contributed by atoms with E-state index in [1.54, 1.807) is 17.1 Å². The number of aryl methyl sites for hydroxylation is 2. The molecule has 1 aromatic heterocycles. The van der Waals surface area contributed by atoms with Gasteiger partial charge < -0.3 is 10.5 Å². The molecule has 5 heteroatoms. The summed E-state index contributed by atoms with van der Waals surface area (Å²) in [5.41, 5.74) is 9.78. The minimum atomic E-state index is 0.364. The van der Waals surface area contributed by atoms with E-state index in [9.17, 15) is 0 Å². The molecule has 0 unspecified atom stereocenters. The Morgan fingerprint density at radius 1 is 1.17 bits per heavy atom. The lowest BCUT2D eigenvalue weighted by Gasteiger charge is -2.10. The molecule has 0 saturated heterocycles. The molecule has 2 N–H and O–H groups in total. The monoisotopic (exact) mass is 320 g/mol. The molecule has 2 aromatic carbocycles. The number of hydrogen-bond acceptors (Lipinski definition) is 4. The van der Waals surface area contributed by atoms with Gasteiger partial charge in [0.1, 0.15) is 12.4 Å². The molecule has 0 bridgehead atoms. The van der Waals surface area contributed by atoms with Crippen molar-refractivity contribution in [3.63, 3.8) is 0 Å². The van der Waals surface area contributed by atoms with Crippen molar-refractivity contribution in [3.05, 3.63) is 77.1 Å². The minimum absolute atomic E-state index is 0.364. The van der Waals surface area contributed by atoms with Gasteiger partial charge in [-0.3, -0.25) is 0 Å². The Kier molecular flexibility index (Phi) is 4.61. The summed E-state index contributed by atoms with van der Waals surface area (Å²) in [6.07, 6.45) is 3.52. The molecule has 5 nitrogen and oxygen atoms in total. The fourth-order valence-electron chi connectivity index (χ4n) is 2.33. The molecule has 3 rings (SSSR count). The second kappa shape index (κ2) is 7.00. The lowest BCUT2D eigenvalue weighted by molar-refractivity contribution is 0.305. The lowest BCUT2D eigenvalue weighted by atomic mass is 10.1. The van der Waals surface area contributed by atoms with Gasteiger partial charge in [-0.25, -0.2) is 9.66 Å². The molecule has 1 heterocycles. The van der Waals surface area contributed by atoms with Crippen LogP contribution in [0.25, 0.3) is 0 Å². The van der Waals surface area contributed by atoms with Crippen LogP contribution in [0.2, 0.25) is 0 Å². The summed E-state index contributed by atoms with van der Waals surface area (Å²) in [6.45, 7) is 4.42. The predicted octanol–water partition coefficient (Wildman–Crippen LogP) is 3.54. The van der Waals surface area contributed by atoms with Crippen LogP contribution in [0.1, 0.15) is 22.4 Å². The molecular formula is C19H20N4O. The second-order valence-electron chi connectivity index (χ2n) is 5.65. The van der Waals surface area contributed by atoms with Gasteiger partial charge in [0.15, 0.2) is 0 Å². The summed E-state index contributed by atoms with van der Waals surface area (Å²) in [5.74, 6) is 1.15. The van der Waals surface area contributed by atoms with Crippen LogP contribution in [0.5, 0.6) is 5.75 Å². The highest BCUT2D eigenvalue weighted by molar-refractivity contribution is 5.83. The van der Waals surface area contributed by atoms with Gasteiger partial charge in [-0.1, -0.05) is 36.4 Å². The zero-order valence-corrected chi connectivity index (χ0v) is 13.8. The molecule has 3 aromatic rings. The van der Waals surface area contributed by atoms with Gasteiger partial charge >= 0.3 is 0 Å². The van der Waals surface area contributed by atoms with Crippen LogP contribution in [0.15, 0.2) is 59.8 Å². The van der Waals surface area contributed by atoms with E-state index < -0.39 is 0 Å². The van der Waals surface area contributed by atoms with Gasteiger partial charge in [-0.15, -0.1) is 0 Å². The molecular weight excluding hydrogens is 300 g/mol. The number of benzene rings is 2. The average molecular weight is 320 g/mol. The zero-order chi connectivity index (χ0) is 16.9. The Morgan fingerprint density at radius 2 is 1.96 bits per heavy atom. The van der Waals surface area contributed by atoms with Crippen molar-refractivity contribution in [2.45, 2.75) is 20.5 Å². The molecule has 0 atom stereocenters. The lowest BCUT2D eigenvalue weighted by Crippen LogP contribution is -2.00. The van der Waals surface area contributed by atoms with Gasteiger partial charge in [-0.2, -0.15) is 5.10 Å². The minimum Gasteiger partial charge on any atom is -0.488 e. The van der Waals surface area contributed by atoms with Crippen molar-refractivity contribution in [1.29, 1.82) is 0 Å². The SMILES string of the molecule is Cc1ccc(C=Nn2cc(C)nc2N)c(OCc2ccccc2)c1. The van der Waals surface area contributed by atoms with Crippen molar-refractivity contribution in [1.82, 2.24) is 9.66 Å². The molecule has 0 aliphatic rings. The Morgan fingerprint density at radius 3 is 2.67 bits per heavy atom. The Labute approximate surface area is 141 Å². The zero-order valence-electron chi connectivity index (χ0n) is 13.8. The van der Waals surface area contributed by atoms with Crippen LogP contribution in [-0.2, 0) is 6.61 Å². The highest BCUT2D eigenvalue weighted by Crippen LogP contribution is 2.20. The molecule has 0 aliphatic carbocycles. The van der Waals surface area contributed by atoms with Crippen LogP contribution >= 0.6 is 0 Å². The quantitative estimate of drug-likeness (QED) is 0.731. The van der Waals surface area contributed by atoms with Gasteiger partial charge in [0.25, 0.3) is 0 Å². The molecule has 0 aliphatic heterocycles. The van der Waals surface area contributed by atoms with Crippen LogP contribution in [0, 0.1) is 13.8 Å². The first kappa shape index (κ1) is 15.8. The highest BCUT2D eigenvalue weighted by Gasteiger charge is 2.04. The van der Waals surface area contributed by atoms with Gasteiger partial charge in [0.05, 0.1) is 18.1 Å². The molecule has 122 valence electrons. The van der Waals surface area contributed by atoms with Crippen LogP contribution in [0.4, 0.5) is 5.95 Å². The average Bonchev–Trinajstić information content (AvgIpc) is 2.90. The van der Waals surface area contributed by atoms with Crippen LogP contribution in [0.3, 0.4) is 0 Å². The fourth-order valence-corrected chi connectivity index (χ4v) is 2.33. The van der Waals surface area contributed by atoms with E-state index in [-0.39, 0.29) is 0 Å². The predicted molar refractivity (Wildman–Crippen MR) is 96.3 cm³/mol. The van der Waals surface area contributed by atoms with E-state index in [0.29, 0.717) is 12.6 Å². The maximum Gasteiger partial charge on any atom is 0.221 e. The highest BCUT2D eigenvalue weighted by atomic mass is 16.5. The van der Waals surface area contributed by atoms with Gasteiger partial charge in [-0.05, 0) is 37.1 Å². The van der Waals surface area contributed by atoms with Crippen molar-refractivity contribution in [2.75, 3.05) is 5.73 Å². The van der Waals surface area contributed by atoms with Crippen molar-refractivity contribution in [2.24, 2.45) is 5.10 Å². The number of nitrogens with zero attached hydrogens (tertiary/aromatic N) is 3. The van der Waals surface area contributed by atoms with Crippen LogP contribution < -0.4 is 10.5 Å². The summed E-state index contributed by atoms with van der Waals surface area (Å²) in [6, 6.07) is 16.1. The number of rotatable bonds is 5. The third-order valence-electron chi connectivity index (χ3n) is 3.56. The molecule has 0 saturated carbocycles. The van der Waals surface area contributed by atoms with Crippen molar-refractivity contribution in [3.8, 4) is 5.75 Å². The number of anilines is 1. The molecule has 0 amide bonds. The number of nitrogens with two attached hydrogens (primary N) is 1. The molecule has 0 fully saturated rings. The number of nitrogen functional groups attached to an aromatic ring is 1. The standard InChI is InChI=1S/C19H20N4O/c1-14-8-9-17(11-21-23-12-15(2)22-19(23)20)18(10-14)24-13-16-6-4-3-5-7-16/h3-12H,13H2,1-2H3,(H2,20,22). The molecule has 24 heavy (non-hydrogen) atoms. The Balaban J connectivity index is 1.81. The summed E-state index contributed by atoms with van der Waals surface area (Å²) in [5, 5.41) is 4.37. The third-order valence-corrected chi connectivity index (χ3v) is 3.56. The van der Waals surface area contributed by atoms with Gasteiger partial charge in [0, 0.05) is 5.56 Å². The topological polar surface area (TPSA) is 65.4 Å². The van der Waals surface area contributed by atoms with E-state index in [0.717, 1.165) is 28.1 Å². The van der Waals surface area contributed by atoms with Crippen LogP contribution in [-0.4, -0.2) is 15.9 Å². The Bertz CT molecular complexity index is 853. The summed E-state index contributed by atoms with van der Waals surface area (Å²) >= 11 is 0. The summed E-state index contributed by atoms with van der Waals surface area (Å²) in [4.78, 5) is 4.13. The maximum absolute atomic E-state index is 5.98. The number of aromatic nitrogens is 2. The smallest absolute Gasteiger partial charge is 0.221 e. The van der Waals surface area contributed by atoms with Crippen molar-refractivity contribution < 1.29 is 4.74 Å². The molecule has 0 radical (unpaired) electrons. The van der Waals surface area contributed by atoms with E-state index in [4.69, 9.17) is 10.5 Å². The third kappa shape index (κ3) is 3.81. The number of ether oxygens (including phenoxy) is 1. The summed E-state index contributed by atoms with van der Waals surface area (Å²) < 4.78 is 7.53. The van der Waals surface area contributed by atoms with Gasteiger partial charge in [0.2, 0.25) is 5.95 Å². The number of imidazole rings is 1. The van der Waals surface area contributed by atoms with E-state index >= 15 is 0 Å². The summed E-state index contributed by atoms with van der Waals surface area (Å²) in [7, 11) is 0. The van der Waals surface area contributed by atoms with Crippen molar-refractivity contribution >= 4 is 12.2 Å².